The van der Waals surface area contributed by atoms with Crippen molar-refractivity contribution in [2.24, 2.45) is 0 Å². The van der Waals surface area contributed by atoms with E-state index < -0.39 is 0 Å². The van der Waals surface area contributed by atoms with Gasteiger partial charge in [-0.2, -0.15) is 0 Å². The number of hydrogen-bond acceptors (Lipinski definition) is 6. The van der Waals surface area contributed by atoms with Crippen LogP contribution in [-0.4, -0.2) is 32.2 Å². The third kappa shape index (κ3) is 3.79. The molecular weight excluding hydrogens is 400 g/mol. The second kappa shape index (κ2) is 8.42. The smallest absolute Gasteiger partial charge is 0.257 e. The predicted octanol–water partition coefficient (Wildman–Crippen LogP) is 5.24. The molecule has 0 bridgehead atoms. The van der Waals surface area contributed by atoms with Gasteiger partial charge in [0.25, 0.3) is 5.91 Å². The van der Waals surface area contributed by atoms with Crippen LogP contribution in [0.3, 0.4) is 0 Å². The number of thiazole rings is 1. The Morgan fingerprint density at radius 3 is 2.27 bits per heavy atom. The predicted molar refractivity (Wildman–Crippen MR) is 119 cm³/mol. The van der Waals surface area contributed by atoms with E-state index in [0.29, 0.717) is 27.9 Å². The van der Waals surface area contributed by atoms with Gasteiger partial charge in [-0.1, -0.05) is 36.4 Å². The molecule has 1 N–H and O–H groups in total. The number of benzene rings is 3. The number of carbonyl (C=O) groups is 1. The minimum Gasteiger partial charge on any atom is -0.493 e. The molecule has 0 fully saturated rings. The molecule has 0 atom stereocenters. The van der Waals surface area contributed by atoms with Gasteiger partial charge >= 0.3 is 0 Å². The Balaban J connectivity index is 1.58. The Kier molecular flexibility index (Phi) is 5.54. The summed E-state index contributed by atoms with van der Waals surface area (Å²) in [6, 6.07) is 17.6. The summed E-state index contributed by atoms with van der Waals surface area (Å²) >= 11 is 1.37. The van der Waals surface area contributed by atoms with Crippen LogP contribution in [0, 0.1) is 0 Å². The van der Waals surface area contributed by atoms with Gasteiger partial charge in [0.1, 0.15) is 0 Å². The average Bonchev–Trinajstić information content (AvgIpc) is 3.26. The number of anilines is 1. The molecule has 0 aliphatic rings. The molecule has 6 nitrogen and oxygen atoms in total. The maximum atomic E-state index is 12.8. The van der Waals surface area contributed by atoms with Gasteiger partial charge in [0.2, 0.25) is 5.75 Å². The van der Waals surface area contributed by atoms with E-state index in [9.17, 15) is 4.79 Å². The van der Waals surface area contributed by atoms with Crippen LogP contribution in [0.5, 0.6) is 17.2 Å². The lowest BCUT2D eigenvalue weighted by molar-refractivity contribution is 0.102. The monoisotopic (exact) mass is 420 g/mol. The van der Waals surface area contributed by atoms with E-state index in [-0.39, 0.29) is 5.91 Å². The zero-order valence-electron chi connectivity index (χ0n) is 16.8. The zero-order chi connectivity index (χ0) is 21.1. The minimum atomic E-state index is -0.311. The minimum absolute atomic E-state index is 0.311. The van der Waals surface area contributed by atoms with Crippen LogP contribution in [0.25, 0.3) is 22.0 Å². The summed E-state index contributed by atoms with van der Waals surface area (Å²) in [6.07, 6.45) is 0. The number of amides is 1. The van der Waals surface area contributed by atoms with E-state index in [1.807, 2.05) is 23.6 Å². The first-order valence-corrected chi connectivity index (χ1v) is 10.1. The van der Waals surface area contributed by atoms with Gasteiger partial charge < -0.3 is 14.2 Å². The molecule has 0 spiro atoms. The van der Waals surface area contributed by atoms with Crippen LogP contribution >= 0.6 is 11.3 Å². The highest BCUT2D eigenvalue weighted by molar-refractivity contribution is 7.14. The molecule has 1 heterocycles. The summed E-state index contributed by atoms with van der Waals surface area (Å²) in [7, 11) is 4.54. The van der Waals surface area contributed by atoms with Crippen molar-refractivity contribution in [2.75, 3.05) is 26.6 Å². The normalized spacial score (nSPS) is 10.6. The van der Waals surface area contributed by atoms with Crippen molar-refractivity contribution in [3.05, 3.63) is 65.5 Å². The molecule has 7 heteroatoms. The van der Waals surface area contributed by atoms with Crippen molar-refractivity contribution in [1.82, 2.24) is 4.98 Å². The second-order valence-electron chi connectivity index (χ2n) is 6.47. The lowest BCUT2D eigenvalue weighted by Crippen LogP contribution is -2.12. The second-order valence-corrected chi connectivity index (χ2v) is 7.33. The number of rotatable bonds is 6. The number of nitrogens with zero attached hydrogens (tertiary/aromatic N) is 1. The Labute approximate surface area is 178 Å². The van der Waals surface area contributed by atoms with Crippen molar-refractivity contribution < 1.29 is 19.0 Å². The Bertz CT molecular complexity index is 1190. The molecule has 152 valence electrons. The van der Waals surface area contributed by atoms with Crippen molar-refractivity contribution >= 4 is 33.1 Å². The van der Waals surface area contributed by atoms with E-state index in [4.69, 9.17) is 14.2 Å². The maximum absolute atomic E-state index is 12.8. The SMILES string of the molecule is COc1cc(C(=O)Nc2nc(-c3ccc4ccccc4c3)cs2)cc(OC)c1OC. The van der Waals surface area contributed by atoms with Gasteiger partial charge in [0, 0.05) is 16.5 Å². The van der Waals surface area contributed by atoms with E-state index >= 15 is 0 Å². The highest BCUT2D eigenvalue weighted by Crippen LogP contribution is 2.38. The summed E-state index contributed by atoms with van der Waals surface area (Å²) in [5.41, 5.74) is 2.19. The topological polar surface area (TPSA) is 69.7 Å². The van der Waals surface area contributed by atoms with Crippen molar-refractivity contribution in [2.45, 2.75) is 0 Å². The molecular formula is C23H20N2O4S. The van der Waals surface area contributed by atoms with Gasteiger partial charge in [-0.3, -0.25) is 10.1 Å². The fourth-order valence-corrected chi connectivity index (χ4v) is 3.91. The molecule has 0 radical (unpaired) electrons. The third-order valence-corrected chi connectivity index (χ3v) is 5.45. The van der Waals surface area contributed by atoms with Gasteiger partial charge in [-0.05, 0) is 29.0 Å². The lowest BCUT2D eigenvalue weighted by atomic mass is 10.1. The first-order valence-electron chi connectivity index (χ1n) is 9.19. The summed E-state index contributed by atoms with van der Waals surface area (Å²) in [5.74, 6) is 0.953. The van der Waals surface area contributed by atoms with E-state index in [2.05, 4.69) is 34.6 Å². The Hall–Kier alpha value is -3.58. The van der Waals surface area contributed by atoms with Crippen LogP contribution in [0.2, 0.25) is 0 Å². The first-order chi connectivity index (χ1) is 14.6. The molecule has 0 unspecified atom stereocenters. The van der Waals surface area contributed by atoms with Crippen molar-refractivity contribution in [3.8, 4) is 28.5 Å². The van der Waals surface area contributed by atoms with Crippen LogP contribution in [-0.2, 0) is 0 Å². The van der Waals surface area contributed by atoms with Gasteiger partial charge in [0.15, 0.2) is 16.6 Å². The number of aromatic nitrogens is 1. The van der Waals surface area contributed by atoms with Crippen LogP contribution in [0.15, 0.2) is 60.0 Å². The number of nitrogens with one attached hydrogen (secondary N) is 1. The molecule has 30 heavy (non-hydrogen) atoms. The van der Waals surface area contributed by atoms with Crippen molar-refractivity contribution in [3.63, 3.8) is 0 Å². The Morgan fingerprint density at radius 1 is 0.900 bits per heavy atom. The van der Waals surface area contributed by atoms with Gasteiger partial charge in [-0.25, -0.2) is 4.98 Å². The van der Waals surface area contributed by atoms with Gasteiger partial charge in [0.05, 0.1) is 27.0 Å². The van der Waals surface area contributed by atoms with Crippen molar-refractivity contribution in [1.29, 1.82) is 0 Å². The number of fused-ring (bicyclic) bond motifs is 1. The summed E-state index contributed by atoms with van der Waals surface area (Å²) in [5, 5.41) is 7.60. The Morgan fingerprint density at radius 2 is 1.60 bits per heavy atom. The number of hydrogen-bond donors (Lipinski definition) is 1. The number of methoxy groups -OCH3 is 3. The molecule has 0 aliphatic carbocycles. The standard InChI is InChI=1S/C23H20N2O4S/c1-27-19-11-17(12-20(28-2)21(19)29-3)22(26)25-23-24-18(13-30-23)16-9-8-14-6-4-5-7-15(14)10-16/h4-13H,1-3H3,(H,24,25,26). The summed E-state index contributed by atoms with van der Waals surface area (Å²) in [4.78, 5) is 17.3. The molecule has 4 rings (SSSR count). The first kappa shape index (κ1) is 19.7. The average molecular weight is 420 g/mol. The molecule has 1 amide bonds. The number of ether oxygens (including phenoxy) is 3. The van der Waals surface area contributed by atoms with E-state index in [1.165, 1.54) is 38.1 Å². The number of carbonyl (C=O) groups excluding carboxylic acids is 1. The lowest BCUT2D eigenvalue weighted by Gasteiger charge is -2.13. The van der Waals surface area contributed by atoms with Crippen LogP contribution in [0.4, 0.5) is 5.13 Å². The van der Waals surface area contributed by atoms with Gasteiger partial charge in [-0.15, -0.1) is 11.3 Å². The fourth-order valence-electron chi connectivity index (χ4n) is 3.19. The summed E-state index contributed by atoms with van der Waals surface area (Å²) in [6.45, 7) is 0. The highest BCUT2D eigenvalue weighted by Gasteiger charge is 2.18. The quantitative estimate of drug-likeness (QED) is 0.462. The molecule has 0 saturated heterocycles. The molecule has 3 aromatic carbocycles. The zero-order valence-corrected chi connectivity index (χ0v) is 17.6. The summed E-state index contributed by atoms with van der Waals surface area (Å²) < 4.78 is 15.9. The molecule has 0 saturated carbocycles. The largest absolute Gasteiger partial charge is 0.493 e. The molecule has 0 aliphatic heterocycles. The van der Waals surface area contributed by atoms with Crippen LogP contribution < -0.4 is 19.5 Å². The fraction of sp³-hybridized carbons (Fsp3) is 0.130. The van der Waals surface area contributed by atoms with E-state index in [1.54, 1.807) is 12.1 Å². The maximum Gasteiger partial charge on any atom is 0.257 e. The van der Waals surface area contributed by atoms with Crippen LogP contribution in [0.1, 0.15) is 10.4 Å². The van der Waals surface area contributed by atoms with E-state index in [0.717, 1.165) is 16.6 Å². The third-order valence-electron chi connectivity index (χ3n) is 4.70. The highest BCUT2D eigenvalue weighted by atomic mass is 32.1. The molecule has 4 aromatic rings. The molecule has 1 aromatic heterocycles.